The molecule has 0 atom stereocenters. The minimum atomic E-state index is -0.255. The van der Waals surface area contributed by atoms with Crippen LogP contribution < -0.4 is 5.43 Å². The first-order chi connectivity index (χ1) is 9.97. The van der Waals surface area contributed by atoms with E-state index in [1.807, 2.05) is 26.0 Å². The van der Waals surface area contributed by atoms with Crippen molar-refractivity contribution in [2.45, 2.75) is 13.8 Å². The molecule has 108 valence electrons. The first-order valence-corrected chi connectivity index (χ1v) is 7.08. The Morgan fingerprint density at radius 1 is 1.05 bits per heavy atom. The standard InChI is InChI=1S/C16H14Cl2N2O/c1-10-3-5-13(7-11(10)2)16(21)20-19-9-12-4-6-14(17)15(18)8-12/h3-9H,1-2H3,(H,20,21)/b19-9+. The summed E-state index contributed by atoms with van der Waals surface area (Å²) in [4.78, 5) is 11.9. The number of nitrogens with zero attached hydrogens (tertiary/aromatic N) is 1. The Bertz CT molecular complexity index is 711. The van der Waals surface area contributed by atoms with Crippen LogP contribution in [0.2, 0.25) is 10.0 Å². The van der Waals surface area contributed by atoms with Gasteiger partial charge in [-0.15, -0.1) is 0 Å². The molecule has 2 aromatic carbocycles. The van der Waals surface area contributed by atoms with Crippen molar-refractivity contribution in [3.05, 3.63) is 68.7 Å². The zero-order valence-corrected chi connectivity index (χ0v) is 13.2. The fraction of sp³-hybridized carbons (Fsp3) is 0.125. The van der Waals surface area contributed by atoms with Gasteiger partial charge in [-0.3, -0.25) is 4.79 Å². The third kappa shape index (κ3) is 4.06. The van der Waals surface area contributed by atoms with Gasteiger partial charge in [-0.05, 0) is 54.8 Å². The molecule has 21 heavy (non-hydrogen) atoms. The van der Waals surface area contributed by atoms with Gasteiger partial charge in [-0.1, -0.05) is 35.3 Å². The summed E-state index contributed by atoms with van der Waals surface area (Å²) in [6, 6.07) is 10.6. The summed E-state index contributed by atoms with van der Waals surface area (Å²) in [6.45, 7) is 3.96. The van der Waals surface area contributed by atoms with Crippen LogP contribution in [0.4, 0.5) is 0 Å². The van der Waals surface area contributed by atoms with Crippen LogP contribution in [0.15, 0.2) is 41.5 Å². The Morgan fingerprint density at radius 3 is 2.48 bits per heavy atom. The number of halogens is 2. The lowest BCUT2D eigenvalue weighted by Crippen LogP contribution is -2.17. The zero-order valence-electron chi connectivity index (χ0n) is 11.7. The monoisotopic (exact) mass is 320 g/mol. The van der Waals surface area contributed by atoms with E-state index in [4.69, 9.17) is 23.2 Å². The van der Waals surface area contributed by atoms with Crippen LogP contribution in [0, 0.1) is 13.8 Å². The van der Waals surface area contributed by atoms with Gasteiger partial charge in [-0.2, -0.15) is 5.10 Å². The lowest BCUT2D eigenvalue weighted by Gasteiger charge is -2.03. The molecule has 0 aromatic heterocycles. The summed E-state index contributed by atoms with van der Waals surface area (Å²) in [5.41, 5.74) is 6.02. The maximum atomic E-state index is 11.9. The molecular formula is C16H14Cl2N2O. The second kappa shape index (κ2) is 6.74. The number of hydrazone groups is 1. The third-order valence-corrected chi connectivity index (χ3v) is 3.83. The highest BCUT2D eigenvalue weighted by Gasteiger charge is 2.05. The third-order valence-electron chi connectivity index (χ3n) is 3.09. The minimum Gasteiger partial charge on any atom is -0.267 e. The normalized spacial score (nSPS) is 10.9. The number of aryl methyl sites for hydroxylation is 2. The quantitative estimate of drug-likeness (QED) is 0.662. The van der Waals surface area contributed by atoms with Crippen molar-refractivity contribution in [1.82, 2.24) is 5.43 Å². The van der Waals surface area contributed by atoms with Crippen molar-refractivity contribution >= 4 is 35.3 Å². The number of hydrogen-bond acceptors (Lipinski definition) is 2. The van der Waals surface area contributed by atoms with Gasteiger partial charge in [0.25, 0.3) is 5.91 Å². The van der Waals surface area contributed by atoms with Gasteiger partial charge < -0.3 is 0 Å². The van der Waals surface area contributed by atoms with Crippen molar-refractivity contribution in [2.75, 3.05) is 0 Å². The van der Waals surface area contributed by atoms with Gasteiger partial charge in [0.05, 0.1) is 16.3 Å². The van der Waals surface area contributed by atoms with E-state index >= 15 is 0 Å². The van der Waals surface area contributed by atoms with E-state index in [0.29, 0.717) is 15.6 Å². The van der Waals surface area contributed by atoms with Crippen LogP contribution in [-0.4, -0.2) is 12.1 Å². The number of benzene rings is 2. The molecule has 0 radical (unpaired) electrons. The fourth-order valence-electron chi connectivity index (χ4n) is 1.71. The minimum absolute atomic E-state index is 0.255. The Kier molecular flexibility index (Phi) is 4.99. The smallest absolute Gasteiger partial charge is 0.267 e. The summed E-state index contributed by atoms with van der Waals surface area (Å²) < 4.78 is 0. The van der Waals surface area contributed by atoms with Crippen LogP contribution in [0.1, 0.15) is 27.0 Å². The molecule has 5 heteroatoms. The highest BCUT2D eigenvalue weighted by molar-refractivity contribution is 6.42. The maximum absolute atomic E-state index is 11.9. The van der Waals surface area contributed by atoms with Crippen LogP contribution in [-0.2, 0) is 0 Å². The lowest BCUT2D eigenvalue weighted by atomic mass is 10.1. The summed E-state index contributed by atoms with van der Waals surface area (Å²) in [5, 5.41) is 4.84. The second-order valence-electron chi connectivity index (χ2n) is 4.67. The molecule has 0 saturated heterocycles. The Hall–Kier alpha value is -1.84. The van der Waals surface area contributed by atoms with E-state index in [-0.39, 0.29) is 5.91 Å². The van der Waals surface area contributed by atoms with Gasteiger partial charge in [-0.25, -0.2) is 5.43 Å². The maximum Gasteiger partial charge on any atom is 0.271 e. The Morgan fingerprint density at radius 2 is 1.81 bits per heavy atom. The van der Waals surface area contributed by atoms with Gasteiger partial charge in [0.1, 0.15) is 0 Å². The van der Waals surface area contributed by atoms with E-state index in [2.05, 4.69) is 10.5 Å². The predicted octanol–water partition coefficient (Wildman–Crippen LogP) is 4.37. The molecule has 0 aliphatic heterocycles. The summed E-state index contributed by atoms with van der Waals surface area (Å²) >= 11 is 11.7. The molecule has 0 saturated carbocycles. The van der Waals surface area contributed by atoms with Crippen molar-refractivity contribution in [3.63, 3.8) is 0 Å². The molecule has 0 aliphatic rings. The number of amides is 1. The van der Waals surface area contributed by atoms with Gasteiger partial charge in [0.2, 0.25) is 0 Å². The van der Waals surface area contributed by atoms with Crippen LogP contribution in [0.25, 0.3) is 0 Å². The summed E-state index contributed by atoms with van der Waals surface area (Å²) in [7, 11) is 0. The largest absolute Gasteiger partial charge is 0.271 e. The van der Waals surface area contributed by atoms with E-state index < -0.39 is 0 Å². The predicted molar refractivity (Wildman–Crippen MR) is 87.4 cm³/mol. The molecule has 3 nitrogen and oxygen atoms in total. The number of carbonyl (C=O) groups is 1. The second-order valence-corrected chi connectivity index (χ2v) is 5.49. The first kappa shape index (κ1) is 15.5. The number of hydrogen-bond donors (Lipinski definition) is 1. The SMILES string of the molecule is Cc1ccc(C(=O)N/N=C/c2ccc(Cl)c(Cl)c2)cc1C. The van der Waals surface area contributed by atoms with Gasteiger partial charge >= 0.3 is 0 Å². The highest BCUT2D eigenvalue weighted by atomic mass is 35.5. The molecule has 0 fully saturated rings. The average molecular weight is 321 g/mol. The molecule has 0 heterocycles. The summed E-state index contributed by atoms with van der Waals surface area (Å²) in [6.07, 6.45) is 1.52. The Balaban J connectivity index is 2.04. The molecule has 1 amide bonds. The van der Waals surface area contributed by atoms with Crippen molar-refractivity contribution < 1.29 is 4.79 Å². The Labute approximate surface area is 133 Å². The number of carbonyl (C=O) groups excluding carboxylic acids is 1. The van der Waals surface area contributed by atoms with Crippen molar-refractivity contribution in [2.24, 2.45) is 5.10 Å². The molecule has 0 bridgehead atoms. The van der Waals surface area contributed by atoms with E-state index in [1.165, 1.54) is 6.21 Å². The van der Waals surface area contributed by atoms with Gasteiger partial charge in [0.15, 0.2) is 0 Å². The van der Waals surface area contributed by atoms with Crippen LogP contribution in [0.3, 0.4) is 0 Å². The van der Waals surface area contributed by atoms with Gasteiger partial charge in [0, 0.05) is 5.56 Å². The topological polar surface area (TPSA) is 41.5 Å². The molecular weight excluding hydrogens is 307 g/mol. The highest BCUT2D eigenvalue weighted by Crippen LogP contribution is 2.21. The van der Waals surface area contributed by atoms with Crippen LogP contribution in [0.5, 0.6) is 0 Å². The number of rotatable bonds is 3. The average Bonchev–Trinajstić information content (AvgIpc) is 2.45. The molecule has 0 aliphatic carbocycles. The van der Waals surface area contributed by atoms with Crippen molar-refractivity contribution in [3.8, 4) is 0 Å². The van der Waals surface area contributed by atoms with E-state index in [1.54, 1.807) is 24.3 Å². The molecule has 1 N–H and O–H groups in total. The van der Waals surface area contributed by atoms with E-state index in [0.717, 1.165) is 16.7 Å². The molecule has 0 spiro atoms. The van der Waals surface area contributed by atoms with E-state index in [9.17, 15) is 4.79 Å². The fourth-order valence-corrected chi connectivity index (χ4v) is 2.01. The van der Waals surface area contributed by atoms with Crippen LogP contribution >= 0.6 is 23.2 Å². The molecule has 2 rings (SSSR count). The zero-order chi connectivity index (χ0) is 15.4. The summed E-state index contributed by atoms with van der Waals surface area (Å²) in [5.74, 6) is -0.255. The van der Waals surface area contributed by atoms with Crippen molar-refractivity contribution in [1.29, 1.82) is 0 Å². The lowest BCUT2D eigenvalue weighted by molar-refractivity contribution is 0.0955. The molecule has 0 unspecified atom stereocenters. The number of nitrogens with one attached hydrogen (secondary N) is 1. The molecule has 2 aromatic rings. The first-order valence-electron chi connectivity index (χ1n) is 6.33.